The van der Waals surface area contributed by atoms with Gasteiger partial charge in [0.25, 0.3) is 5.89 Å². The van der Waals surface area contributed by atoms with E-state index in [0.717, 1.165) is 33.9 Å². The van der Waals surface area contributed by atoms with Crippen LogP contribution in [0.25, 0.3) is 61.5 Å². The molecule has 9 aromatic rings. The third-order valence-electron chi connectivity index (χ3n) is 8.99. The lowest BCUT2D eigenvalue weighted by Crippen LogP contribution is -2.10. The lowest BCUT2D eigenvalue weighted by atomic mass is 10.0. The van der Waals surface area contributed by atoms with Crippen molar-refractivity contribution in [2.24, 2.45) is 0 Å². The summed E-state index contributed by atoms with van der Waals surface area (Å²) < 4.78 is 8.00. The second-order valence-corrected chi connectivity index (χ2v) is 12.0. The van der Waals surface area contributed by atoms with Crippen molar-refractivity contribution in [3.8, 4) is 39.7 Å². The average Bonchev–Trinajstić information content (AvgIpc) is 3.80. The number of anilines is 3. The molecule has 0 unspecified atom stereocenters. The maximum atomic E-state index is 5.64. The molecule has 0 fully saturated rings. The highest BCUT2D eigenvalue weighted by Gasteiger charge is 2.17. The van der Waals surface area contributed by atoms with Crippen LogP contribution in [0.3, 0.4) is 0 Å². The summed E-state index contributed by atoms with van der Waals surface area (Å²) in [4.78, 5) is 6.90. The van der Waals surface area contributed by atoms with Gasteiger partial charge in [-0.15, -0.1) is 0 Å². The topological polar surface area (TPSA) is 47.1 Å². The third kappa shape index (κ3) is 5.24. The Balaban J connectivity index is 1.08. The van der Waals surface area contributed by atoms with Crippen molar-refractivity contribution in [3.05, 3.63) is 182 Å². The Bertz CT molecular complexity index is 2520. The summed E-state index contributed by atoms with van der Waals surface area (Å²) in [7, 11) is 0. The van der Waals surface area contributed by atoms with Crippen LogP contribution in [0, 0.1) is 0 Å². The Kier molecular flexibility index (Phi) is 7.06. The van der Waals surface area contributed by atoms with E-state index in [9.17, 15) is 0 Å². The monoisotopic (exact) mass is 630 g/mol. The zero-order chi connectivity index (χ0) is 32.6. The van der Waals surface area contributed by atoms with Crippen LogP contribution in [-0.2, 0) is 0 Å². The second-order valence-electron chi connectivity index (χ2n) is 12.0. The van der Waals surface area contributed by atoms with Gasteiger partial charge in [0.1, 0.15) is 0 Å². The van der Waals surface area contributed by atoms with E-state index in [1.807, 2.05) is 48.5 Å². The molecule has 0 spiro atoms. The quantitative estimate of drug-likeness (QED) is 0.176. The molecule has 0 radical (unpaired) electrons. The third-order valence-corrected chi connectivity index (χ3v) is 8.99. The van der Waals surface area contributed by atoms with Crippen molar-refractivity contribution in [1.29, 1.82) is 0 Å². The molecule has 0 atom stereocenters. The largest absolute Gasteiger partial charge is 0.334 e. The predicted octanol–water partition coefficient (Wildman–Crippen LogP) is 11.6. The van der Waals surface area contributed by atoms with E-state index in [4.69, 9.17) is 4.52 Å². The van der Waals surface area contributed by atoms with Gasteiger partial charge in [-0.3, -0.25) is 0 Å². The summed E-state index contributed by atoms with van der Waals surface area (Å²) in [6.45, 7) is 0. The zero-order valence-corrected chi connectivity index (χ0v) is 26.5. The molecule has 0 aliphatic carbocycles. The summed E-state index contributed by atoms with van der Waals surface area (Å²) in [5.74, 6) is 1.06. The van der Waals surface area contributed by atoms with Crippen molar-refractivity contribution < 1.29 is 4.52 Å². The van der Waals surface area contributed by atoms with Gasteiger partial charge in [0.15, 0.2) is 0 Å². The molecule has 7 aromatic carbocycles. The number of hydrogen-bond donors (Lipinski definition) is 0. The number of hydrogen-bond acceptors (Lipinski definition) is 4. The van der Waals surface area contributed by atoms with Gasteiger partial charge in [-0.05, 0) is 90.0 Å². The first-order chi connectivity index (χ1) is 24.3. The number of aromatic nitrogens is 3. The van der Waals surface area contributed by atoms with Crippen LogP contribution < -0.4 is 4.90 Å². The van der Waals surface area contributed by atoms with E-state index in [-0.39, 0.29) is 0 Å². The molecule has 0 bridgehead atoms. The van der Waals surface area contributed by atoms with E-state index in [2.05, 4.69) is 153 Å². The molecule has 2 heterocycles. The number of para-hydroxylation sites is 2. The molecule has 0 saturated carbocycles. The standard InChI is InChI=1S/C44H30N4O/c1-4-12-31(13-5-1)34-22-29-42-40(30-34)39-18-10-11-19-41(39)48(42)38-27-25-37(26-28-38)47(35-16-8-3-9-17-35)36-23-20-33(21-24-36)44-45-43(46-49-44)32-14-6-2-7-15-32/h1-30H. The number of rotatable bonds is 7. The molecule has 5 heteroatoms. The van der Waals surface area contributed by atoms with Gasteiger partial charge in [-0.2, -0.15) is 4.98 Å². The predicted molar refractivity (Wildman–Crippen MR) is 200 cm³/mol. The highest BCUT2D eigenvalue weighted by Crippen LogP contribution is 2.38. The lowest BCUT2D eigenvalue weighted by Gasteiger charge is -2.26. The van der Waals surface area contributed by atoms with E-state index in [1.54, 1.807) is 0 Å². The van der Waals surface area contributed by atoms with Crippen LogP contribution in [-0.4, -0.2) is 14.7 Å². The summed E-state index contributed by atoms with van der Waals surface area (Å²) >= 11 is 0. The van der Waals surface area contributed by atoms with E-state index < -0.39 is 0 Å². The first-order valence-electron chi connectivity index (χ1n) is 16.3. The maximum Gasteiger partial charge on any atom is 0.258 e. The Morgan fingerprint density at radius 3 is 1.69 bits per heavy atom. The summed E-state index contributed by atoms with van der Waals surface area (Å²) in [6, 6.07) is 63.4. The fourth-order valence-corrected chi connectivity index (χ4v) is 6.63. The molecule has 9 rings (SSSR count). The molecule has 0 aliphatic rings. The van der Waals surface area contributed by atoms with Gasteiger partial charge in [-0.25, -0.2) is 0 Å². The lowest BCUT2D eigenvalue weighted by molar-refractivity contribution is 0.432. The minimum absolute atomic E-state index is 0.489. The molecule has 0 amide bonds. The van der Waals surface area contributed by atoms with Gasteiger partial charge in [-0.1, -0.05) is 108 Å². The van der Waals surface area contributed by atoms with Crippen molar-refractivity contribution in [3.63, 3.8) is 0 Å². The SMILES string of the molecule is c1ccc(-c2ccc3c(c2)c2ccccc2n3-c2ccc(N(c3ccccc3)c3ccc(-c4nc(-c5ccccc5)no4)cc3)cc2)cc1. The Morgan fingerprint density at radius 1 is 0.429 bits per heavy atom. The van der Waals surface area contributed by atoms with Crippen LogP contribution in [0.15, 0.2) is 187 Å². The van der Waals surface area contributed by atoms with Crippen molar-refractivity contribution in [1.82, 2.24) is 14.7 Å². The highest BCUT2D eigenvalue weighted by molar-refractivity contribution is 6.10. The first-order valence-corrected chi connectivity index (χ1v) is 16.3. The fourth-order valence-electron chi connectivity index (χ4n) is 6.63. The first kappa shape index (κ1) is 28.5. The molecular formula is C44H30N4O. The molecule has 232 valence electrons. The molecule has 0 saturated heterocycles. The minimum atomic E-state index is 0.489. The van der Waals surface area contributed by atoms with Crippen molar-refractivity contribution in [2.75, 3.05) is 4.90 Å². The van der Waals surface area contributed by atoms with Crippen LogP contribution in [0.2, 0.25) is 0 Å². The molecule has 2 aromatic heterocycles. The molecule has 0 N–H and O–H groups in total. The van der Waals surface area contributed by atoms with Crippen molar-refractivity contribution in [2.45, 2.75) is 0 Å². The van der Waals surface area contributed by atoms with E-state index in [1.165, 1.54) is 32.9 Å². The summed E-state index contributed by atoms with van der Waals surface area (Å²) in [5.41, 5.74) is 10.8. The maximum absolute atomic E-state index is 5.64. The fraction of sp³-hybridized carbons (Fsp3) is 0. The van der Waals surface area contributed by atoms with E-state index in [0.29, 0.717) is 11.7 Å². The summed E-state index contributed by atoms with van der Waals surface area (Å²) in [5, 5.41) is 6.68. The normalized spacial score (nSPS) is 11.3. The molecular weight excluding hydrogens is 601 g/mol. The smallest absolute Gasteiger partial charge is 0.258 e. The molecule has 0 aliphatic heterocycles. The minimum Gasteiger partial charge on any atom is -0.334 e. The van der Waals surface area contributed by atoms with Crippen LogP contribution >= 0.6 is 0 Å². The Hall–Kier alpha value is -6.72. The summed E-state index contributed by atoms with van der Waals surface area (Å²) in [6.07, 6.45) is 0. The Morgan fingerprint density at radius 2 is 0.980 bits per heavy atom. The number of fused-ring (bicyclic) bond motifs is 3. The van der Waals surface area contributed by atoms with Crippen LogP contribution in [0.5, 0.6) is 0 Å². The van der Waals surface area contributed by atoms with Gasteiger partial charge in [0, 0.05) is 44.6 Å². The van der Waals surface area contributed by atoms with Gasteiger partial charge >= 0.3 is 0 Å². The Labute approximate surface area is 284 Å². The zero-order valence-electron chi connectivity index (χ0n) is 26.5. The van der Waals surface area contributed by atoms with E-state index >= 15 is 0 Å². The van der Waals surface area contributed by atoms with Crippen LogP contribution in [0.1, 0.15) is 0 Å². The molecule has 5 nitrogen and oxygen atoms in total. The second kappa shape index (κ2) is 12.1. The van der Waals surface area contributed by atoms with Gasteiger partial charge in [0.05, 0.1) is 11.0 Å². The molecule has 49 heavy (non-hydrogen) atoms. The van der Waals surface area contributed by atoms with Gasteiger partial charge in [0.2, 0.25) is 5.82 Å². The average molecular weight is 631 g/mol. The highest BCUT2D eigenvalue weighted by atomic mass is 16.5. The number of nitrogens with zero attached hydrogens (tertiary/aromatic N) is 4. The van der Waals surface area contributed by atoms with Crippen molar-refractivity contribution >= 4 is 38.9 Å². The van der Waals surface area contributed by atoms with Crippen LogP contribution in [0.4, 0.5) is 17.1 Å². The number of benzene rings is 7. The van der Waals surface area contributed by atoms with Gasteiger partial charge < -0.3 is 14.0 Å².